The molecule has 1 aromatic heterocycles. The van der Waals surface area contributed by atoms with Crippen LogP contribution in [0.5, 0.6) is 5.88 Å². The highest BCUT2D eigenvalue weighted by Gasteiger charge is 2.31. The summed E-state index contributed by atoms with van der Waals surface area (Å²) in [4.78, 5) is 3.37. The first kappa shape index (κ1) is 10.3. The predicted octanol–water partition coefficient (Wildman–Crippen LogP) is 1.98. The van der Waals surface area contributed by atoms with Crippen LogP contribution >= 0.6 is 0 Å². The van der Waals surface area contributed by atoms with Gasteiger partial charge in [0.2, 0.25) is 5.88 Å². The van der Waals surface area contributed by atoms with Crippen LogP contribution in [-0.2, 0) is 6.18 Å². The zero-order chi connectivity index (χ0) is 10.8. The summed E-state index contributed by atoms with van der Waals surface area (Å²) in [6, 6.07) is 2.27. The molecule has 74 valence electrons. The molecule has 0 aromatic carbocycles. The molecular formula is C8H5F3N2O. The Morgan fingerprint density at radius 3 is 2.57 bits per heavy atom. The van der Waals surface area contributed by atoms with Crippen LogP contribution < -0.4 is 4.74 Å². The first-order valence-corrected chi connectivity index (χ1v) is 3.50. The van der Waals surface area contributed by atoms with E-state index < -0.39 is 11.7 Å². The number of hydrogen-bond acceptors (Lipinski definition) is 3. The predicted molar refractivity (Wildman–Crippen MR) is 40.5 cm³/mol. The van der Waals surface area contributed by atoms with Crippen LogP contribution in [0.15, 0.2) is 12.3 Å². The molecule has 0 unspecified atom stereocenters. The van der Waals surface area contributed by atoms with Crippen molar-refractivity contribution in [2.75, 3.05) is 7.11 Å². The Balaban J connectivity index is 3.23. The smallest absolute Gasteiger partial charge is 0.417 e. The highest BCUT2D eigenvalue weighted by Crippen LogP contribution is 2.30. The molecule has 0 aliphatic heterocycles. The summed E-state index contributed by atoms with van der Waals surface area (Å²) >= 11 is 0. The lowest BCUT2D eigenvalue weighted by Gasteiger charge is -2.07. The van der Waals surface area contributed by atoms with E-state index in [-0.39, 0.29) is 11.4 Å². The van der Waals surface area contributed by atoms with Crippen LogP contribution in [0.4, 0.5) is 13.2 Å². The number of halogens is 3. The average molecular weight is 202 g/mol. The van der Waals surface area contributed by atoms with Gasteiger partial charge in [-0.25, -0.2) is 4.98 Å². The SMILES string of the molecule is COc1ncc(C(F)(F)F)cc1C#N. The van der Waals surface area contributed by atoms with Crippen molar-refractivity contribution in [3.05, 3.63) is 23.4 Å². The topological polar surface area (TPSA) is 45.9 Å². The molecule has 3 nitrogen and oxygen atoms in total. The number of aromatic nitrogens is 1. The van der Waals surface area contributed by atoms with Gasteiger partial charge in [-0.05, 0) is 6.07 Å². The second-order valence-corrected chi connectivity index (χ2v) is 2.39. The fourth-order valence-electron chi connectivity index (χ4n) is 0.850. The molecule has 1 heterocycles. The van der Waals surface area contributed by atoms with Gasteiger partial charge in [-0.3, -0.25) is 0 Å². The maximum Gasteiger partial charge on any atom is 0.417 e. The summed E-state index contributed by atoms with van der Waals surface area (Å²) in [5.41, 5.74) is -1.20. The van der Waals surface area contributed by atoms with Gasteiger partial charge < -0.3 is 4.74 Å². The molecule has 0 saturated heterocycles. The van der Waals surface area contributed by atoms with E-state index >= 15 is 0 Å². The van der Waals surface area contributed by atoms with Gasteiger partial charge in [0, 0.05) is 6.20 Å². The first-order valence-electron chi connectivity index (χ1n) is 3.50. The van der Waals surface area contributed by atoms with E-state index in [1.54, 1.807) is 6.07 Å². The molecule has 0 fully saturated rings. The van der Waals surface area contributed by atoms with Crippen LogP contribution in [0.25, 0.3) is 0 Å². The highest BCUT2D eigenvalue weighted by atomic mass is 19.4. The van der Waals surface area contributed by atoms with Crippen LogP contribution in [-0.4, -0.2) is 12.1 Å². The number of ether oxygens (including phenoxy) is 1. The third-order valence-electron chi connectivity index (χ3n) is 1.49. The van der Waals surface area contributed by atoms with Crippen molar-refractivity contribution in [1.82, 2.24) is 4.98 Å². The number of hydrogen-bond donors (Lipinski definition) is 0. The Morgan fingerprint density at radius 1 is 1.50 bits per heavy atom. The second kappa shape index (κ2) is 3.54. The van der Waals surface area contributed by atoms with Crippen LogP contribution in [0.2, 0.25) is 0 Å². The monoisotopic (exact) mass is 202 g/mol. The van der Waals surface area contributed by atoms with E-state index in [1.807, 2.05) is 0 Å². The highest BCUT2D eigenvalue weighted by molar-refractivity contribution is 5.40. The Labute approximate surface area is 77.7 Å². The van der Waals surface area contributed by atoms with Crippen LogP contribution in [0.3, 0.4) is 0 Å². The van der Waals surface area contributed by atoms with E-state index in [2.05, 4.69) is 9.72 Å². The molecule has 0 amide bonds. The molecule has 0 aliphatic carbocycles. The van der Waals surface area contributed by atoms with E-state index in [0.29, 0.717) is 12.3 Å². The summed E-state index contributed by atoms with van der Waals surface area (Å²) in [5.74, 6) is -0.111. The van der Waals surface area contributed by atoms with Crippen molar-refractivity contribution in [2.45, 2.75) is 6.18 Å². The minimum Gasteiger partial charge on any atom is -0.480 e. The minimum absolute atomic E-state index is 0.111. The number of pyridine rings is 1. The maximum absolute atomic E-state index is 12.1. The Bertz CT molecular complexity index is 381. The third-order valence-corrected chi connectivity index (χ3v) is 1.49. The van der Waals surface area contributed by atoms with Crippen molar-refractivity contribution in [3.8, 4) is 11.9 Å². The van der Waals surface area contributed by atoms with Gasteiger partial charge in [-0.1, -0.05) is 0 Å². The number of nitriles is 1. The second-order valence-electron chi connectivity index (χ2n) is 2.39. The van der Waals surface area contributed by atoms with Gasteiger partial charge in [0.15, 0.2) is 0 Å². The number of rotatable bonds is 1. The van der Waals surface area contributed by atoms with E-state index in [9.17, 15) is 13.2 Å². The van der Waals surface area contributed by atoms with E-state index in [1.165, 1.54) is 7.11 Å². The average Bonchev–Trinajstić information content (AvgIpc) is 2.15. The molecule has 1 aromatic rings. The summed E-state index contributed by atoms with van der Waals surface area (Å²) in [6.45, 7) is 0. The minimum atomic E-state index is -4.50. The summed E-state index contributed by atoms with van der Waals surface area (Å²) in [7, 11) is 1.23. The lowest BCUT2D eigenvalue weighted by molar-refractivity contribution is -0.137. The molecule has 0 saturated carbocycles. The molecule has 0 N–H and O–H groups in total. The zero-order valence-electron chi connectivity index (χ0n) is 7.09. The van der Waals surface area contributed by atoms with Gasteiger partial charge in [-0.2, -0.15) is 18.4 Å². The molecule has 6 heteroatoms. The molecular weight excluding hydrogens is 197 g/mol. The van der Waals surface area contributed by atoms with Crippen molar-refractivity contribution in [2.24, 2.45) is 0 Å². The fourth-order valence-corrected chi connectivity index (χ4v) is 0.850. The molecule has 0 radical (unpaired) electrons. The third kappa shape index (κ3) is 1.93. The van der Waals surface area contributed by atoms with Crippen LogP contribution in [0.1, 0.15) is 11.1 Å². The molecule has 0 spiro atoms. The Hall–Kier alpha value is -1.77. The van der Waals surface area contributed by atoms with Gasteiger partial charge in [-0.15, -0.1) is 0 Å². The van der Waals surface area contributed by atoms with Gasteiger partial charge in [0.25, 0.3) is 0 Å². The lowest BCUT2D eigenvalue weighted by Crippen LogP contribution is -2.06. The largest absolute Gasteiger partial charge is 0.480 e. The van der Waals surface area contributed by atoms with Crippen molar-refractivity contribution in [3.63, 3.8) is 0 Å². The normalized spacial score (nSPS) is 10.8. The van der Waals surface area contributed by atoms with Crippen molar-refractivity contribution >= 4 is 0 Å². The summed E-state index contributed by atoms with van der Waals surface area (Å²) in [6.07, 6.45) is -3.87. The summed E-state index contributed by atoms with van der Waals surface area (Å²) < 4.78 is 41.1. The standard InChI is InChI=1S/C8H5F3N2O/c1-14-7-5(3-12)2-6(4-13-7)8(9,10)11/h2,4H,1H3. The number of alkyl halides is 3. The van der Waals surface area contributed by atoms with Gasteiger partial charge in [0.05, 0.1) is 12.7 Å². The fraction of sp³-hybridized carbons (Fsp3) is 0.250. The lowest BCUT2D eigenvalue weighted by atomic mass is 10.2. The Morgan fingerprint density at radius 2 is 2.14 bits per heavy atom. The van der Waals surface area contributed by atoms with Crippen molar-refractivity contribution in [1.29, 1.82) is 5.26 Å². The first-order chi connectivity index (χ1) is 6.49. The number of methoxy groups -OCH3 is 1. The summed E-state index contributed by atoms with van der Waals surface area (Å²) in [5, 5.41) is 8.50. The van der Waals surface area contributed by atoms with Crippen molar-refractivity contribution < 1.29 is 17.9 Å². The van der Waals surface area contributed by atoms with Gasteiger partial charge in [0.1, 0.15) is 11.6 Å². The van der Waals surface area contributed by atoms with Gasteiger partial charge >= 0.3 is 6.18 Å². The molecule has 0 atom stereocenters. The Kier molecular flexibility index (Phi) is 2.60. The number of nitrogens with zero attached hydrogens (tertiary/aromatic N) is 2. The maximum atomic E-state index is 12.1. The molecule has 0 bridgehead atoms. The molecule has 14 heavy (non-hydrogen) atoms. The molecule has 1 rings (SSSR count). The zero-order valence-corrected chi connectivity index (χ0v) is 7.09. The van der Waals surface area contributed by atoms with Crippen LogP contribution in [0, 0.1) is 11.3 Å². The molecule has 0 aliphatic rings. The van der Waals surface area contributed by atoms with E-state index in [0.717, 1.165) is 0 Å². The van der Waals surface area contributed by atoms with E-state index in [4.69, 9.17) is 5.26 Å². The quantitative estimate of drug-likeness (QED) is 0.699.